The van der Waals surface area contributed by atoms with E-state index >= 15 is 0 Å². The zero-order chi connectivity index (χ0) is 14.8. The highest BCUT2D eigenvalue weighted by atomic mass is 16.4. The zero-order valence-electron chi connectivity index (χ0n) is 12.0. The van der Waals surface area contributed by atoms with Crippen LogP contribution in [0.3, 0.4) is 0 Å². The Labute approximate surface area is 123 Å². The lowest BCUT2D eigenvalue weighted by molar-refractivity contribution is -0.141. The van der Waals surface area contributed by atoms with Crippen molar-refractivity contribution in [3.8, 4) is 0 Å². The molecule has 6 nitrogen and oxygen atoms in total. The summed E-state index contributed by atoms with van der Waals surface area (Å²) in [5.41, 5.74) is 1.37. The molecule has 114 valence electrons. The maximum absolute atomic E-state index is 12.4. The number of nitrogens with zero attached hydrogens (tertiary/aromatic N) is 2. The number of aromatic amines is 1. The average Bonchev–Trinajstić information content (AvgIpc) is 3.17. The van der Waals surface area contributed by atoms with E-state index in [1.54, 1.807) is 0 Å². The number of H-pyrrole nitrogens is 1. The number of aromatic nitrogens is 2. The van der Waals surface area contributed by atoms with Gasteiger partial charge in [0.15, 0.2) is 0 Å². The Hall–Kier alpha value is -1.85. The molecule has 21 heavy (non-hydrogen) atoms. The molecule has 2 fully saturated rings. The minimum atomic E-state index is -0.927. The first-order valence-electron chi connectivity index (χ1n) is 7.76. The van der Waals surface area contributed by atoms with E-state index in [4.69, 9.17) is 5.11 Å². The van der Waals surface area contributed by atoms with Crippen LogP contribution in [-0.2, 0) is 4.79 Å². The molecule has 2 N–H and O–H groups in total. The standard InChI is InChI=1S/C15H21N3O3/c19-14(18-8-4-7-13(18)15(20)21)12-9-11(16-17-12)10-5-2-1-3-6-10/h9-10,13H,1-8H2,(H,16,17)(H,20,21). The first-order chi connectivity index (χ1) is 10.2. The lowest BCUT2D eigenvalue weighted by Gasteiger charge is -2.20. The lowest BCUT2D eigenvalue weighted by atomic mass is 9.87. The van der Waals surface area contributed by atoms with Crippen molar-refractivity contribution in [2.45, 2.75) is 56.9 Å². The smallest absolute Gasteiger partial charge is 0.326 e. The summed E-state index contributed by atoms with van der Waals surface area (Å²) in [4.78, 5) is 25.0. The summed E-state index contributed by atoms with van der Waals surface area (Å²) in [6.45, 7) is 0.501. The Kier molecular flexibility index (Phi) is 3.94. The molecule has 0 spiro atoms. The normalized spacial score (nSPS) is 23.4. The second kappa shape index (κ2) is 5.87. The van der Waals surface area contributed by atoms with Crippen LogP contribution in [-0.4, -0.2) is 44.7 Å². The number of carboxylic acid groups (broad SMARTS) is 1. The monoisotopic (exact) mass is 291 g/mol. The van der Waals surface area contributed by atoms with Gasteiger partial charge in [-0.3, -0.25) is 9.89 Å². The van der Waals surface area contributed by atoms with E-state index in [-0.39, 0.29) is 5.91 Å². The van der Waals surface area contributed by atoms with Crippen molar-refractivity contribution in [3.05, 3.63) is 17.5 Å². The van der Waals surface area contributed by atoms with Crippen LogP contribution in [0.2, 0.25) is 0 Å². The largest absolute Gasteiger partial charge is 0.480 e. The Bertz CT molecular complexity index is 534. The molecule has 3 rings (SSSR count). The predicted molar refractivity (Wildman–Crippen MR) is 76.1 cm³/mol. The van der Waals surface area contributed by atoms with E-state index in [1.807, 2.05) is 6.07 Å². The SMILES string of the molecule is O=C(O)C1CCCN1C(=O)c1cc(C2CCCCC2)[nH]n1. The highest BCUT2D eigenvalue weighted by Gasteiger charge is 2.35. The third-order valence-corrected chi connectivity index (χ3v) is 4.66. The molecule has 1 aliphatic heterocycles. The maximum Gasteiger partial charge on any atom is 0.326 e. The Morgan fingerprint density at radius 3 is 2.67 bits per heavy atom. The number of carbonyl (C=O) groups excluding carboxylic acids is 1. The molecule has 2 aliphatic rings. The molecule has 6 heteroatoms. The van der Waals surface area contributed by atoms with Crippen molar-refractivity contribution in [1.29, 1.82) is 0 Å². The molecule has 1 saturated carbocycles. The van der Waals surface area contributed by atoms with Crippen LogP contribution >= 0.6 is 0 Å². The summed E-state index contributed by atoms with van der Waals surface area (Å²) in [5.74, 6) is -0.733. The van der Waals surface area contributed by atoms with Crippen molar-refractivity contribution in [2.24, 2.45) is 0 Å². The quantitative estimate of drug-likeness (QED) is 0.893. The van der Waals surface area contributed by atoms with E-state index in [9.17, 15) is 9.59 Å². The maximum atomic E-state index is 12.4. The molecule has 1 aromatic heterocycles. The van der Waals surface area contributed by atoms with Crippen molar-refractivity contribution in [1.82, 2.24) is 15.1 Å². The summed E-state index contributed by atoms with van der Waals surface area (Å²) in [5, 5.41) is 16.3. The summed E-state index contributed by atoms with van der Waals surface area (Å²) in [6.07, 6.45) is 7.27. The number of likely N-dealkylation sites (tertiary alicyclic amines) is 1. The number of nitrogens with one attached hydrogen (secondary N) is 1. The summed E-state index contributed by atoms with van der Waals surface area (Å²) in [7, 11) is 0. The topological polar surface area (TPSA) is 86.3 Å². The number of carboxylic acids is 1. The molecule has 0 radical (unpaired) electrons. The predicted octanol–water partition coefficient (Wildman–Crippen LogP) is 2.15. The second-order valence-corrected chi connectivity index (χ2v) is 6.04. The van der Waals surface area contributed by atoms with Crippen LogP contribution in [0, 0.1) is 0 Å². The number of hydrogen-bond donors (Lipinski definition) is 2. The highest BCUT2D eigenvalue weighted by molar-refractivity contribution is 5.95. The Morgan fingerprint density at radius 1 is 1.19 bits per heavy atom. The number of amides is 1. The van der Waals surface area contributed by atoms with Crippen molar-refractivity contribution >= 4 is 11.9 Å². The molecule has 1 saturated heterocycles. The van der Waals surface area contributed by atoms with Gasteiger partial charge in [-0.1, -0.05) is 19.3 Å². The highest BCUT2D eigenvalue weighted by Crippen LogP contribution is 2.32. The fourth-order valence-electron chi connectivity index (χ4n) is 3.48. The van der Waals surface area contributed by atoms with Gasteiger partial charge in [-0.2, -0.15) is 5.10 Å². The Morgan fingerprint density at radius 2 is 1.95 bits per heavy atom. The van der Waals surface area contributed by atoms with Crippen LogP contribution in [0.1, 0.15) is 67.0 Å². The van der Waals surface area contributed by atoms with Gasteiger partial charge in [0.25, 0.3) is 5.91 Å². The fourth-order valence-corrected chi connectivity index (χ4v) is 3.48. The van der Waals surface area contributed by atoms with Crippen molar-refractivity contribution in [2.75, 3.05) is 6.54 Å². The molecule has 1 amide bonds. The van der Waals surface area contributed by atoms with Crippen molar-refractivity contribution < 1.29 is 14.7 Å². The van der Waals surface area contributed by atoms with E-state index in [0.717, 1.165) is 25.0 Å². The van der Waals surface area contributed by atoms with Gasteiger partial charge in [0.1, 0.15) is 11.7 Å². The van der Waals surface area contributed by atoms with Crippen LogP contribution in [0.4, 0.5) is 0 Å². The Balaban J connectivity index is 1.73. The molecule has 0 aromatic carbocycles. The molecule has 1 aromatic rings. The summed E-state index contributed by atoms with van der Waals surface area (Å²) < 4.78 is 0. The number of carbonyl (C=O) groups is 2. The minimum absolute atomic E-state index is 0.266. The van der Waals surface area contributed by atoms with Gasteiger partial charge in [0, 0.05) is 18.2 Å². The van der Waals surface area contributed by atoms with Gasteiger partial charge >= 0.3 is 5.97 Å². The van der Waals surface area contributed by atoms with Gasteiger partial charge in [-0.15, -0.1) is 0 Å². The molecule has 1 atom stereocenters. The van der Waals surface area contributed by atoms with Crippen LogP contribution in [0.5, 0.6) is 0 Å². The van der Waals surface area contributed by atoms with Crippen LogP contribution < -0.4 is 0 Å². The first kappa shape index (κ1) is 14.1. The van der Waals surface area contributed by atoms with Crippen LogP contribution in [0.15, 0.2) is 6.07 Å². The fraction of sp³-hybridized carbons (Fsp3) is 0.667. The summed E-state index contributed by atoms with van der Waals surface area (Å²) in [6, 6.07) is 1.11. The average molecular weight is 291 g/mol. The lowest BCUT2D eigenvalue weighted by Crippen LogP contribution is -2.40. The van der Waals surface area contributed by atoms with Crippen LogP contribution in [0.25, 0.3) is 0 Å². The van der Waals surface area contributed by atoms with Gasteiger partial charge in [0.05, 0.1) is 0 Å². The van der Waals surface area contributed by atoms with Crippen molar-refractivity contribution in [3.63, 3.8) is 0 Å². The number of aliphatic carboxylic acids is 1. The minimum Gasteiger partial charge on any atom is -0.480 e. The van der Waals surface area contributed by atoms with Gasteiger partial charge in [0.2, 0.25) is 0 Å². The third-order valence-electron chi connectivity index (χ3n) is 4.66. The molecule has 2 heterocycles. The van der Waals surface area contributed by atoms with E-state index < -0.39 is 12.0 Å². The zero-order valence-corrected chi connectivity index (χ0v) is 12.0. The number of rotatable bonds is 3. The first-order valence-corrected chi connectivity index (χ1v) is 7.76. The number of hydrogen-bond acceptors (Lipinski definition) is 3. The molecular weight excluding hydrogens is 270 g/mol. The molecule has 1 unspecified atom stereocenters. The molecular formula is C15H21N3O3. The molecule has 1 aliphatic carbocycles. The van der Waals surface area contributed by atoms with Gasteiger partial charge in [-0.05, 0) is 31.7 Å². The third kappa shape index (κ3) is 2.80. The van der Waals surface area contributed by atoms with E-state index in [0.29, 0.717) is 24.6 Å². The second-order valence-electron chi connectivity index (χ2n) is 6.04. The summed E-state index contributed by atoms with van der Waals surface area (Å²) >= 11 is 0. The van der Waals surface area contributed by atoms with E-state index in [1.165, 1.54) is 24.2 Å². The van der Waals surface area contributed by atoms with Gasteiger partial charge < -0.3 is 10.0 Å². The molecule has 0 bridgehead atoms. The van der Waals surface area contributed by atoms with Gasteiger partial charge in [-0.25, -0.2) is 4.79 Å². The van der Waals surface area contributed by atoms with E-state index in [2.05, 4.69) is 10.2 Å².